The molecule has 5 rings (SSSR count). The Morgan fingerprint density at radius 1 is 0.938 bits per heavy atom. The fraction of sp³-hybridized carbons (Fsp3) is 0.0417. The molecule has 2 aromatic heterocycles. The number of thiazole rings is 1. The second-order valence-electron chi connectivity index (χ2n) is 7.24. The molecule has 0 saturated carbocycles. The van der Waals surface area contributed by atoms with Crippen molar-refractivity contribution in [3.05, 3.63) is 89.2 Å². The Morgan fingerprint density at radius 2 is 1.69 bits per heavy atom. The number of anilines is 1. The van der Waals surface area contributed by atoms with Crippen molar-refractivity contribution in [2.24, 2.45) is 0 Å². The first-order chi connectivity index (χ1) is 15.4. The van der Waals surface area contributed by atoms with Crippen LogP contribution in [0.4, 0.5) is 18.3 Å². The van der Waals surface area contributed by atoms with E-state index in [2.05, 4.69) is 15.3 Å². The molecule has 0 unspecified atom stereocenters. The molecule has 0 spiro atoms. The van der Waals surface area contributed by atoms with Crippen LogP contribution in [-0.4, -0.2) is 15.9 Å². The zero-order valence-electron chi connectivity index (χ0n) is 16.6. The smallest absolute Gasteiger partial charge is 0.258 e. The summed E-state index contributed by atoms with van der Waals surface area (Å²) in [5, 5.41) is 3.29. The highest BCUT2D eigenvalue weighted by atomic mass is 32.1. The summed E-state index contributed by atoms with van der Waals surface area (Å²) in [6.07, 6.45) is 0. The summed E-state index contributed by atoms with van der Waals surface area (Å²) >= 11 is 0.860. The average Bonchev–Trinajstić information content (AvgIpc) is 3.19. The van der Waals surface area contributed by atoms with Crippen LogP contribution in [0.15, 0.2) is 60.7 Å². The van der Waals surface area contributed by atoms with Crippen LogP contribution in [0.25, 0.3) is 32.4 Å². The van der Waals surface area contributed by atoms with E-state index in [1.165, 1.54) is 0 Å². The molecule has 8 heteroatoms. The van der Waals surface area contributed by atoms with Crippen LogP contribution >= 0.6 is 11.3 Å². The van der Waals surface area contributed by atoms with Crippen molar-refractivity contribution in [3.8, 4) is 11.3 Å². The molecule has 1 N–H and O–H groups in total. The predicted octanol–water partition coefficient (Wildman–Crippen LogP) is 6.49. The SMILES string of the molecule is Cc1ccc(-c2cc(C(=O)Nc3nc4c(F)c(F)c(F)cc4s3)c3ccccc3n2)cc1. The van der Waals surface area contributed by atoms with E-state index in [-0.39, 0.29) is 15.3 Å². The Bertz CT molecular complexity index is 1510. The van der Waals surface area contributed by atoms with E-state index in [0.29, 0.717) is 22.2 Å². The summed E-state index contributed by atoms with van der Waals surface area (Å²) in [7, 11) is 0. The van der Waals surface area contributed by atoms with E-state index in [4.69, 9.17) is 0 Å². The molecule has 158 valence electrons. The number of hydrogen-bond donors (Lipinski definition) is 1. The third-order valence-electron chi connectivity index (χ3n) is 5.05. The lowest BCUT2D eigenvalue weighted by Crippen LogP contribution is -2.13. The summed E-state index contributed by atoms with van der Waals surface area (Å²) in [6, 6.07) is 17.5. The molecule has 4 nitrogen and oxygen atoms in total. The number of rotatable bonds is 3. The highest BCUT2D eigenvalue weighted by Crippen LogP contribution is 2.31. The van der Waals surface area contributed by atoms with E-state index in [1.807, 2.05) is 43.3 Å². The number of para-hydroxylation sites is 1. The Morgan fingerprint density at radius 3 is 2.47 bits per heavy atom. The Labute approximate surface area is 184 Å². The number of nitrogens with zero attached hydrogens (tertiary/aromatic N) is 2. The van der Waals surface area contributed by atoms with Gasteiger partial charge in [0.15, 0.2) is 22.6 Å². The van der Waals surface area contributed by atoms with Crippen LogP contribution in [0.5, 0.6) is 0 Å². The summed E-state index contributed by atoms with van der Waals surface area (Å²) in [4.78, 5) is 21.8. The van der Waals surface area contributed by atoms with Gasteiger partial charge in [0, 0.05) is 10.9 Å². The van der Waals surface area contributed by atoms with Gasteiger partial charge in [-0.25, -0.2) is 23.1 Å². The number of carbonyl (C=O) groups is 1. The minimum atomic E-state index is -1.59. The van der Waals surface area contributed by atoms with Crippen molar-refractivity contribution >= 4 is 43.5 Å². The zero-order chi connectivity index (χ0) is 22.4. The molecule has 0 atom stereocenters. The minimum absolute atomic E-state index is 0.0340. The number of aryl methyl sites for hydroxylation is 1. The maximum absolute atomic E-state index is 14.0. The summed E-state index contributed by atoms with van der Waals surface area (Å²) in [5.74, 6) is -4.77. The molecule has 5 aromatic rings. The lowest BCUT2D eigenvalue weighted by atomic mass is 10.0. The summed E-state index contributed by atoms with van der Waals surface area (Å²) < 4.78 is 41.2. The lowest BCUT2D eigenvalue weighted by molar-refractivity contribution is 0.102. The van der Waals surface area contributed by atoms with Gasteiger partial charge in [-0.1, -0.05) is 59.4 Å². The highest BCUT2D eigenvalue weighted by molar-refractivity contribution is 7.22. The normalized spacial score (nSPS) is 11.2. The van der Waals surface area contributed by atoms with Gasteiger partial charge < -0.3 is 0 Å². The Hall–Kier alpha value is -3.78. The number of amides is 1. The maximum atomic E-state index is 14.0. The van der Waals surface area contributed by atoms with E-state index in [0.717, 1.165) is 28.5 Å². The Balaban J connectivity index is 1.58. The number of pyridine rings is 1. The number of nitrogens with one attached hydrogen (secondary N) is 1. The molecule has 3 aromatic carbocycles. The number of aromatic nitrogens is 2. The quantitative estimate of drug-likeness (QED) is 0.320. The van der Waals surface area contributed by atoms with Crippen molar-refractivity contribution in [2.45, 2.75) is 6.92 Å². The number of hydrogen-bond acceptors (Lipinski definition) is 4. The molecule has 0 aliphatic carbocycles. The number of fused-ring (bicyclic) bond motifs is 2. The van der Waals surface area contributed by atoms with E-state index < -0.39 is 23.4 Å². The third kappa shape index (κ3) is 3.48. The first-order valence-corrected chi connectivity index (χ1v) is 10.4. The molecule has 2 heterocycles. The van der Waals surface area contributed by atoms with Crippen LogP contribution in [0.2, 0.25) is 0 Å². The fourth-order valence-electron chi connectivity index (χ4n) is 3.43. The first kappa shape index (κ1) is 20.1. The fourth-order valence-corrected chi connectivity index (χ4v) is 4.31. The molecule has 32 heavy (non-hydrogen) atoms. The molecule has 0 fully saturated rings. The van der Waals surface area contributed by atoms with Crippen molar-refractivity contribution in [2.75, 3.05) is 5.32 Å². The predicted molar refractivity (Wildman–Crippen MR) is 119 cm³/mol. The number of benzene rings is 3. The second-order valence-corrected chi connectivity index (χ2v) is 8.28. The third-order valence-corrected chi connectivity index (χ3v) is 5.97. The second kappa shape index (κ2) is 7.72. The molecule has 1 amide bonds. The van der Waals surface area contributed by atoms with Gasteiger partial charge in [-0.05, 0) is 25.1 Å². The van der Waals surface area contributed by atoms with Crippen LogP contribution in [0, 0.1) is 24.4 Å². The van der Waals surface area contributed by atoms with Gasteiger partial charge in [-0.3, -0.25) is 10.1 Å². The van der Waals surface area contributed by atoms with Gasteiger partial charge in [-0.2, -0.15) is 0 Å². The van der Waals surface area contributed by atoms with Crippen molar-refractivity contribution in [1.82, 2.24) is 9.97 Å². The molecule has 0 aliphatic rings. The largest absolute Gasteiger partial charge is 0.298 e. The van der Waals surface area contributed by atoms with Gasteiger partial charge in [0.05, 0.1) is 21.5 Å². The number of carbonyl (C=O) groups excluding carboxylic acids is 1. The summed E-state index contributed by atoms with van der Waals surface area (Å²) in [6.45, 7) is 1.98. The molecule has 0 saturated heterocycles. The van der Waals surface area contributed by atoms with Crippen molar-refractivity contribution in [1.29, 1.82) is 0 Å². The molecule has 0 radical (unpaired) electrons. The van der Waals surface area contributed by atoms with Crippen molar-refractivity contribution in [3.63, 3.8) is 0 Å². The van der Waals surface area contributed by atoms with E-state index in [9.17, 15) is 18.0 Å². The first-order valence-electron chi connectivity index (χ1n) is 9.63. The van der Waals surface area contributed by atoms with Gasteiger partial charge >= 0.3 is 0 Å². The lowest BCUT2D eigenvalue weighted by Gasteiger charge is -2.10. The monoisotopic (exact) mass is 449 g/mol. The van der Waals surface area contributed by atoms with Gasteiger partial charge in [-0.15, -0.1) is 0 Å². The van der Waals surface area contributed by atoms with E-state index in [1.54, 1.807) is 18.2 Å². The topological polar surface area (TPSA) is 54.9 Å². The van der Waals surface area contributed by atoms with Crippen LogP contribution < -0.4 is 5.32 Å². The van der Waals surface area contributed by atoms with Crippen LogP contribution in [-0.2, 0) is 0 Å². The highest BCUT2D eigenvalue weighted by Gasteiger charge is 2.20. The molecular weight excluding hydrogens is 435 g/mol. The summed E-state index contributed by atoms with van der Waals surface area (Å²) in [5.41, 5.74) is 3.22. The van der Waals surface area contributed by atoms with Crippen molar-refractivity contribution < 1.29 is 18.0 Å². The molecule has 0 aliphatic heterocycles. The average molecular weight is 449 g/mol. The van der Waals surface area contributed by atoms with Crippen LogP contribution in [0.3, 0.4) is 0 Å². The Kier molecular flexibility index (Phi) is 4.86. The molecule has 0 bridgehead atoms. The molecular formula is C24H14F3N3OS. The van der Waals surface area contributed by atoms with Gasteiger partial charge in [0.2, 0.25) is 0 Å². The standard InChI is InChI=1S/C24H14F3N3OS/c1-12-6-8-13(9-7-12)18-10-15(14-4-2-3-5-17(14)28-18)23(31)30-24-29-22-19(32-24)11-16(25)20(26)21(22)27/h2-11H,1H3,(H,29,30,31). The maximum Gasteiger partial charge on any atom is 0.258 e. The zero-order valence-corrected chi connectivity index (χ0v) is 17.4. The van der Waals surface area contributed by atoms with Gasteiger partial charge in [0.25, 0.3) is 5.91 Å². The number of halogens is 3. The minimum Gasteiger partial charge on any atom is -0.298 e. The van der Waals surface area contributed by atoms with E-state index >= 15 is 0 Å². The van der Waals surface area contributed by atoms with Crippen LogP contribution in [0.1, 0.15) is 15.9 Å². The van der Waals surface area contributed by atoms with Gasteiger partial charge in [0.1, 0.15) is 5.52 Å².